The molecule has 0 radical (unpaired) electrons. The maximum Gasteiger partial charge on any atom is 0.0385 e. The number of rotatable bonds is 1. The quantitative estimate of drug-likeness (QED) is 0.284. The third-order valence-electron chi connectivity index (χ3n) is 0.299. The average molecular weight is 129 g/mol. The first-order valence-corrected chi connectivity index (χ1v) is 1.55. The van der Waals surface area contributed by atoms with Gasteiger partial charge in [-0.05, 0) is 0 Å². The summed E-state index contributed by atoms with van der Waals surface area (Å²) in [4.78, 5) is 9.79. The fourth-order valence-corrected chi connectivity index (χ4v) is 0.114. The van der Waals surface area contributed by atoms with Crippen LogP contribution in [0.1, 0.15) is 6.42 Å². The monoisotopic (exact) mass is 129 g/mol. The molecule has 0 aromatic carbocycles. The summed E-state index contributed by atoms with van der Waals surface area (Å²) in [5.74, 6) is 1.96. The zero-order chi connectivity index (χ0) is 4.99. The molecule has 0 aromatic heterocycles. The van der Waals surface area contributed by atoms with Crippen molar-refractivity contribution in [2.24, 2.45) is 0 Å². The van der Waals surface area contributed by atoms with Gasteiger partial charge in [0.2, 0.25) is 0 Å². The van der Waals surface area contributed by atoms with Crippen molar-refractivity contribution < 1.29 is 26.5 Å². The molecule has 0 saturated heterocycles. The summed E-state index contributed by atoms with van der Waals surface area (Å²) >= 11 is 0. The Kier molecular flexibility index (Phi) is 8.26. The van der Waals surface area contributed by atoms with Crippen LogP contribution in [0.25, 0.3) is 0 Å². The summed E-state index contributed by atoms with van der Waals surface area (Å²) in [7, 11) is 0. The molecule has 0 spiro atoms. The molecule has 0 aliphatic heterocycles. The topological polar surface area (TPSA) is 17.1 Å². The third-order valence-corrected chi connectivity index (χ3v) is 0.299. The second kappa shape index (κ2) is 5.81. The Morgan fingerprint density at radius 2 is 2.29 bits per heavy atom. The van der Waals surface area contributed by atoms with E-state index >= 15 is 0 Å². The Labute approximate surface area is 58.4 Å². The molecule has 0 unspecified atom stereocenters. The summed E-state index contributed by atoms with van der Waals surface area (Å²) in [5, 5.41) is 0. The zero-order valence-corrected chi connectivity index (χ0v) is 5.46. The number of carbonyl (C=O) groups excluding carboxylic acids is 1. The van der Waals surface area contributed by atoms with Crippen molar-refractivity contribution in [2.45, 2.75) is 6.42 Å². The van der Waals surface area contributed by atoms with E-state index in [1.165, 1.54) is 0 Å². The van der Waals surface area contributed by atoms with Crippen molar-refractivity contribution in [3.63, 3.8) is 0 Å². The molecule has 0 rings (SSSR count). The Morgan fingerprint density at radius 1 is 1.86 bits per heavy atom. The maximum absolute atomic E-state index is 9.79. The molecule has 0 atom stereocenters. The van der Waals surface area contributed by atoms with Crippen LogP contribution in [0.3, 0.4) is 0 Å². The van der Waals surface area contributed by atoms with Gasteiger partial charge >= 0.3 is 0 Å². The van der Waals surface area contributed by atoms with E-state index in [-0.39, 0.29) is 33.9 Å². The van der Waals surface area contributed by atoms with Gasteiger partial charge in [-0.3, -0.25) is 0 Å². The zero-order valence-electron chi connectivity index (χ0n) is 3.90. The van der Waals surface area contributed by atoms with Crippen LogP contribution < -0.4 is 0 Å². The van der Waals surface area contributed by atoms with Gasteiger partial charge in [-0.25, -0.2) is 0 Å². The molecule has 1 nitrogen and oxygen atoms in total. The van der Waals surface area contributed by atoms with Gasteiger partial charge in [-0.1, -0.05) is 0 Å². The summed E-state index contributed by atoms with van der Waals surface area (Å²) in [6.45, 7) is 3.05. The van der Waals surface area contributed by atoms with Crippen LogP contribution in [-0.4, -0.2) is 5.78 Å². The van der Waals surface area contributed by atoms with Crippen LogP contribution in [0.2, 0.25) is 0 Å². The molecule has 0 aromatic rings. The molecule has 0 bridgehead atoms. The average Bonchev–Trinajstić information content (AvgIpc) is 1.35. The number of Topliss-reactive ketones (excluding diaryl/α,β-unsaturated/α-hetero) is 1. The SMILES string of the molecule is C#CCC([CH2-])=O.[Ti]. The molecule has 2 heteroatoms. The van der Waals surface area contributed by atoms with Crippen molar-refractivity contribution in [1.82, 2.24) is 0 Å². The van der Waals surface area contributed by atoms with Gasteiger partial charge in [0.25, 0.3) is 0 Å². The second-order valence-electron chi connectivity index (χ2n) is 0.920. The Morgan fingerprint density at radius 3 is 2.29 bits per heavy atom. The van der Waals surface area contributed by atoms with Gasteiger partial charge in [0.15, 0.2) is 0 Å². The van der Waals surface area contributed by atoms with E-state index in [2.05, 4.69) is 12.8 Å². The van der Waals surface area contributed by atoms with Crippen LogP contribution in [0.4, 0.5) is 0 Å². The minimum atomic E-state index is -0.197. The number of hydrogen-bond acceptors (Lipinski definition) is 1. The first-order chi connectivity index (χ1) is 2.77. The normalized spacial score (nSPS) is 5.57. The van der Waals surface area contributed by atoms with E-state index < -0.39 is 0 Å². The first-order valence-electron chi connectivity index (χ1n) is 1.55. The molecule has 7 heavy (non-hydrogen) atoms. The molecular formula is C5H5OTi-. The van der Waals surface area contributed by atoms with Gasteiger partial charge < -0.3 is 11.7 Å². The summed E-state index contributed by atoms with van der Waals surface area (Å²) in [5.41, 5.74) is 0. The number of ketones is 1. The summed E-state index contributed by atoms with van der Waals surface area (Å²) in [6.07, 6.45) is 4.87. The van der Waals surface area contributed by atoms with Crippen LogP contribution in [-0.2, 0) is 26.5 Å². The van der Waals surface area contributed by atoms with Crippen LogP contribution in [0.5, 0.6) is 0 Å². The number of carbonyl (C=O) groups is 1. The van der Waals surface area contributed by atoms with Gasteiger partial charge in [0.05, 0.1) is 0 Å². The molecule has 36 valence electrons. The molecule has 0 saturated carbocycles. The van der Waals surface area contributed by atoms with E-state index in [9.17, 15) is 4.79 Å². The molecule has 0 fully saturated rings. The van der Waals surface area contributed by atoms with Gasteiger partial charge in [-0.15, -0.1) is 12.3 Å². The van der Waals surface area contributed by atoms with E-state index in [1.807, 2.05) is 0 Å². The smallest absolute Gasteiger partial charge is 0.0385 e. The van der Waals surface area contributed by atoms with E-state index in [0.29, 0.717) is 0 Å². The summed E-state index contributed by atoms with van der Waals surface area (Å²) < 4.78 is 0. The second-order valence-corrected chi connectivity index (χ2v) is 0.920. The predicted molar refractivity (Wildman–Crippen MR) is 23.8 cm³/mol. The number of terminal acetylenes is 1. The predicted octanol–water partition coefficient (Wildman–Crippen LogP) is 0.410. The molecule has 0 amide bonds. The van der Waals surface area contributed by atoms with Crippen molar-refractivity contribution in [3.8, 4) is 12.3 Å². The summed E-state index contributed by atoms with van der Waals surface area (Å²) in [6, 6.07) is 0. The number of hydrogen-bond donors (Lipinski definition) is 0. The Bertz CT molecular complexity index is 90.7. The first kappa shape index (κ1) is 9.94. The molecule has 0 N–H and O–H groups in total. The van der Waals surface area contributed by atoms with Gasteiger partial charge in [0.1, 0.15) is 0 Å². The van der Waals surface area contributed by atoms with Gasteiger partial charge in [0, 0.05) is 33.9 Å². The standard InChI is InChI=1S/C5H5O.Ti/c1-3-4-5(2)6;/h1H,2,4H2;/q-1;. The maximum atomic E-state index is 9.79. The van der Waals surface area contributed by atoms with Crippen LogP contribution >= 0.6 is 0 Å². The van der Waals surface area contributed by atoms with E-state index in [1.54, 1.807) is 0 Å². The molecule has 0 aliphatic carbocycles. The van der Waals surface area contributed by atoms with E-state index in [4.69, 9.17) is 6.42 Å². The van der Waals surface area contributed by atoms with Gasteiger partial charge in [-0.2, -0.15) is 0 Å². The molecular weight excluding hydrogens is 124 g/mol. The molecule has 0 heterocycles. The van der Waals surface area contributed by atoms with Crippen molar-refractivity contribution in [2.75, 3.05) is 0 Å². The fraction of sp³-hybridized carbons (Fsp3) is 0.200. The largest absolute Gasteiger partial charge is 0.338 e. The fourth-order valence-electron chi connectivity index (χ4n) is 0.114. The van der Waals surface area contributed by atoms with E-state index in [0.717, 1.165) is 0 Å². The minimum absolute atomic E-state index is 0. The molecule has 0 aliphatic rings. The van der Waals surface area contributed by atoms with Crippen molar-refractivity contribution in [1.29, 1.82) is 0 Å². The van der Waals surface area contributed by atoms with Crippen molar-refractivity contribution in [3.05, 3.63) is 6.92 Å². The Balaban J connectivity index is 0. The van der Waals surface area contributed by atoms with Crippen LogP contribution in [0.15, 0.2) is 0 Å². The van der Waals surface area contributed by atoms with Crippen LogP contribution in [0, 0.1) is 19.3 Å². The third kappa shape index (κ3) is 10.7. The minimum Gasteiger partial charge on any atom is -0.338 e. The van der Waals surface area contributed by atoms with Crippen molar-refractivity contribution >= 4 is 5.78 Å². The Hall–Kier alpha value is -0.186.